The van der Waals surface area contributed by atoms with Crippen LogP contribution in [0.25, 0.3) is 0 Å². The second-order valence-corrected chi connectivity index (χ2v) is 6.16. The maximum atomic E-state index is 12.4. The maximum Gasteiger partial charge on any atom is 0.289 e. The molecule has 0 fully saturated rings. The van der Waals surface area contributed by atoms with E-state index in [1.807, 2.05) is 11.8 Å². The number of furan rings is 1. The first-order valence-corrected chi connectivity index (χ1v) is 8.50. The summed E-state index contributed by atoms with van der Waals surface area (Å²) in [5.41, 5.74) is 0. The van der Waals surface area contributed by atoms with E-state index in [1.54, 1.807) is 19.2 Å². The zero-order chi connectivity index (χ0) is 16.7. The molecule has 0 atom stereocenters. The van der Waals surface area contributed by atoms with Crippen molar-refractivity contribution in [2.75, 3.05) is 26.7 Å². The van der Waals surface area contributed by atoms with Gasteiger partial charge in [-0.15, -0.1) is 0 Å². The zero-order valence-electron chi connectivity index (χ0n) is 13.8. The first-order valence-electron chi connectivity index (χ1n) is 7.71. The lowest BCUT2D eigenvalue weighted by Crippen LogP contribution is -2.42. The van der Waals surface area contributed by atoms with Crippen molar-refractivity contribution in [2.24, 2.45) is 5.92 Å². The lowest BCUT2D eigenvalue weighted by atomic mass is 10.0. The SMILES string of the molecule is CCC(CC)CN(CC)C(=O)CN(C)C(=O)c1ccc(Br)o1. The van der Waals surface area contributed by atoms with E-state index in [0.717, 1.165) is 19.4 Å². The predicted molar refractivity (Wildman–Crippen MR) is 89.7 cm³/mol. The fourth-order valence-electron chi connectivity index (χ4n) is 2.26. The molecule has 5 nitrogen and oxygen atoms in total. The Morgan fingerprint density at radius 1 is 1.23 bits per heavy atom. The van der Waals surface area contributed by atoms with Crippen LogP contribution >= 0.6 is 15.9 Å². The van der Waals surface area contributed by atoms with Gasteiger partial charge in [-0.25, -0.2) is 0 Å². The minimum Gasteiger partial charge on any atom is -0.444 e. The number of rotatable bonds is 8. The largest absolute Gasteiger partial charge is 0.444 e. The number of amides is 2. The highest BCUT2D eigenvalue weighted by Crippen LogP contribution is 2.15. The predicted octanol–water partition coefficient (Wildman–Crippen LogP) is 3.40. The second-order valence-electron chi connectivity index (χ2n) is 5.38. The maximum absolute atomic E-state index is 12.4. The molecule has 0 aliphatic rings. The van der Waals surface area contributed by atoms with Crippen LogP contribution in [0.5, 0.6) is 0 Å². The summed E-state index contributed by atoms with van der Waals surface area (Å²) in [6.07, 6.45) is 2.10. The van der Waals surface area contributed by atoms with E-state index < -0.39 is 0 Å². The Labute approximate surface area is 140 Å². The smallest absolute Gasteiger partial charge is 0.289 e. The Kier molecular flexibility index (Phi) is 7.65. The van der Waals surface area contributed by atoms with Crippen LogP contribution in [0.1, 0.15) is 44.2 Å². The highest BCUT2D eigenvalue weighted by Gasteiger charge is 2.22. The van der Waals surface area contributed by atoms with Crippen molar-refractivity contribution < 1.29 is 14.0 Å². The molecule has 1 rings (SSSR count). The Bertz CT molecular complexity index is 497. The minimum absolute atomic E-state index is 0.0316. The summed E-state index contributed by atoms with van der Waals surface area (Å²) in [6, 6.07) is 3.25. The Morgan fingerprint density at radius 3 is 2.32 bits per heavy atom. The molecular weight excluding hydrogens is 348 g/mol. The number of carbonyl (C=O) groups is 2. The fourth-order valence-corrected chi connectivity index (χ4v) is 2.56. The third kappa shape index (κ3) is 5.16. The van der Waals surface area contributed by atoms with E-state index in [0.29, 0.717) is 17.1 Å². The van der Waals surface area contributed by atoms with E-state index in [9.17, 15) is 9.59 Å². The van der Waals surface area contributed by atoms with Crippen molar-refractivity contribution in [1.82, 2.24) is 9.80 Å². The number of likely N-dealkylation sites (N-methyl/N-ethyl adjacent to an activating group) is 2. The van der Waals surface area contributed by atoms with E-state index in [1.165, 1.54) is 4.90 Å². The van der Waals surface area contributed by atoms with Crippen LogP contribution in [0, 0.1) is 5.92 Å². The molecular formula is C16H25BrN2O3. The Morgan fingerprint density at radius 2 is 1.86 bits per heavy atom. The topological polar surface area (TPSA) is 53.8 Å². The second kappa shape index (κ2) is 8.98. The van der Waals surface area contributed by atoms with Crippen LogP contribution in [-0.4, -0.2) is 48.3 Å². The average molecular weight is 373 g/mol. The monoisotopic (exact) mass is 372 g/mol. The number of hydrogen-bond acceptors (Lipinski definition) is 3. The van der Waals surface area contributed by atoms with Gasteiger partial charge in [-0.3, -0.25) is 9.59 Å². The zero-order valence-corrected chi connectivity index (χ0v) is 15.4. The quantitative estimate of drug-likeness (QED) is 0.702. The molecule has 0 saturated carbocycles. The lowest BCUT2D eigenvalue weighted by Gasteiger charge is -2.27. The highest BCUT2D eigenvalue weighted by molar-refractivity contribution is 9.10. The summed E-state index contributed by atoms with van der Waals surface area (Å²) in [7, 11) is 1.61. The van der Waals surface area contributed by atoms with E-state index in [2.05, 4.69) is 29.8 Å². The molecule has 0 bridgehead atoms. The molecule has 0 aromatic carbocycles. The Balaban J connectivity index is 2.63. The lowest BCUT2D eigenvalue weighted by molar-refractivity contribution is -0.132. The normalized spacial score (nSPS) is 10.8. The number of halogens is 1. The molecule has 0 radical (unpaired) electrons. The first-order chi connectivity index (χ1) is 10.4. The third-order valence-electron chi connectivity index (χ3n) is 3.87. The molecule has 1 heterocycles. The number of carbonyl (C=O) groups excluding carboxylic acids is 2. The molecule has 0 spiro atoms. The summed E-state index contributed by atoms with van der Waals surface area (Å²) < 4.78 is 5.73. The van der Waals surface area contributed by atoms with Crippen molar-refractivity contribution in [3.63, 3.8) is 0 Å². The molecule has 1 aromatic heterocycles. The fraction of sp³-hybridized carbons (Fsp3) is 0.625. The van der Waals surface area contributed by atoms with Crippen LogP contribution in [-0.2, 0) is 4.79 Å². The van der Waals surface area contributed by atoms with E-state index in [-0.39, 0.29) is 24.1 Å². The van der Waals surface area contributed by atoms with Crippen molar-refractivity contribution >= 4 is 27.7 Å². The van der Waals surface area contributed by atoms with Crippen LogP contribution in [0.4, 0.5) is 0 Å². The van der Waals surface area contributed by atoms with Crippen LogP contribution in [0.2, 0.25) is 0 Å². The minimum atomic E-state index is -0.294. The van der Waals surface area contributed by atoms with Crippen molar-refractivity contribution in [1.29, 1.82) is 0 Å². The summed E-state index contributed by atoms with van der Waals surface area (Å²) in [5.74, 6) is 0.407. The molecule has 0 aliphatic heterocycles. The molecule has 0 aliphatic carbocycles. The molecule has 6 heteroatoms. The van der Waals surface area contributed by atoms with Crippen molar-refractivity contribution in [3.8, 4) is 0 Å². The van der Waals surface area contributed by atoms with Crippen LogP contribution in [0.15, 0.2) is 21.2 Å². The van der Waals surface area contributed by atoms with Crippen molar-refractivity contribution in [3.05, 3.63) is 22.6 Å². The van der Waals surface area contributed by atoms with Gasteiger partial charge < -0.3 is 14.2 Å². The standard InChI is InChI=1S/C16H25BrN2O3/c1-5-12(6-2)10-19(7-3)15(20)11-18(4)16(21)13-8-9-14(17)22-13/h8-9,12H,5-7,10-11H2,1-4H3. The molecule has 0 unspecified atom stereocenters. The van der Waals surface area contributed by atoms with Gasteiger partial charge in [0.25, 0.3) is 5.91 Å². The molecule has 1 aromatic rings. The van der Waals surface area contributed by atoms with E-state index >= 15 is 0 Å². The first kappa shape index (κ1) is 18.7. The summed E-state index contributed by atoms with van der Waals surface area (Å²) in [6.45, 7) is 7.70. The third-order valence-corrected chi connectivity index (χ3v) is 4.30. The van der Waals surface area contributed by atoms with E-state index in [4.69, 9.17) is 4.42 Å². The van der Waals surface area contributed by atoms with Gasteiger partial charge in [-0.05, 0) is 40.9 Å². The number of hydrogen-bond donors (Lipinski definition) is 0. The highest BCUT2D eigenvalue weighted by atomic mass is 79.9. The molecule has 0 N–H and O–H groups in total. The number of nitrogens with zero attached hydrogens (tertiary/aromatic N) is 2. The van der Waals surface area contributed by atoms with Crippen LogP contribution in [0.3, 0.4) is 0 Å². The van der Waals surface area contributed by atoms with Gasteiger partial charge in [0.2, 0.25) is 5.91 Å². The molecule has 2 amide bonds. The molecule has 0 saturated heterocycles. The van der Waals surface area contributed by atoms with Gasteiger partial charge in [-0.1, -0.05) is 26.7 Å². The summed E-state index contributed by atoms with van der Waals surface area (Å²) >= 11 is 3.17. The van der Waals surface area contributed by atoms with Gasteiger partial charge in [0.1, 0.15) is 0 Å². The van der Waals surface area contributed by atoms with Gasteiger partial charge >= 0.3 is 0 Å². The van der Waals surface area contributed by atoms with Gasteiger partial charge in [0.05, 0.1) is 6.54 Å². The Hall–Kier alpha value is -1.30. The summed E-state index contributed by atoms with van der Waals surface area (Å²) in [4.78, 5) is 27.8. The van der Waals surface area contributed by atoms with Gasteiger partial charge in [-0.2, -0.15) is 0 Å². The van der Waals surface area contributed by atoms with Gasteiger partial charge in [0, 0.05) is 20.1 Å². The van der Waals surface area contributed by atoms with Crippen LogP contribution < -0.4 is 0 Å². The van der Waals surface area contributed by atoms with Crippen molar-refractivity contribution in [2.45, 2.75) is 33.6 Å². The van der Waals surface area contributed by atoms with Gasteiger partial charge in [0.15, 0.2) is 10.4 Å². The summed E-state index contributed by atoms with van der Waals surface area (Å²) in [5, 5.41) is 0. The molecule has 22 heavy (non-hydrogen) atoms. The molecule has 124 valence electrons. The average Bonchev–Trinajstić information content (AvgIpc) is 2.94.